The maximum Gasteiger partial charge on any atom is 0.240 e. The minimum absolute atomic E-state index is 0.0735. The van der Waals surface area contributed by atoms with E-state index >= 15 is 0 Å². The molecule has 12 heteroatoms. The van der Waals surface area contributed by atoms with E-state index in [4.69, 9.17) is 20.9 Å². The number of nitrogen functional groups attached to an aromatic ring is 2. The Kier molecular flexibility index (Phi) is 9.13. The van der Waals surface area contributed by atoms with Crippen molar-refractivity contribution in [3.05, 3.63) is 36.4 Å². The number of sulfonamides is 2. The molecule has 178 valence electrons. The van der Waals surface area contributed by atoms with Gasteiger partial charge in [-0.1, -0.05) is 12.8 Å². The molecule has 32 heavy (non-hydrogen) atoms. The number of hydrogen-bond acceptors (Lipinski definition) is 8. The zero-order valence-electron chi connectivity index (χ0n) is 18.1. The van der Waals surface area contributed by atoms with Crippen molar-refractivity contribution in [2.75, 3.05) is 38.8 Å². The van der Waals surface area contributed by atoms with Gasteiger partial charge < -0.3 is 20.9 Å². The van der Waals surface area contributed by atoms with Gasteiger partial charge in [-0.05, 0) is 49.2 Å². The second-order valence-corrected chi connectivity index (χ2v) is 10.6. The van der Waals surface area contributed by atoms with Gasteiger partial charge in [0.15, 0.2) is 0 Å². The van der Waals surface area contributed by atoms with Gasteiger partial charge in [-0.2, -0.15) is 0 Å². The average molecular weight is 487 g/mol. The quantitative estimate of drug-likeness (QED) is 0.245. The monoisotopic (exact) mass is 486 g/mol. The summed E-state index contributed by atoms with van der Waals surface area (Å²) >= 11 is 0. The minimum atomic E-state index is -3.66. The molecule has 0 radical (unpaired) electrons. The first kappa shape index (κ1) is 25.7. The molecular formula is C20H30N4O6S2. The van der Waals surface area contributed by atoms with Crippen LogP contribution >= 0.6 is 0 Å². The highest BCUT2D eigenvalue weighted by Crippen LogP contribution is 2.25. The molecule has 0 atom stereocenters. The van der Waals surface area contributed by atoms with E-state index in [-0.39, 0.29) is 34.3 Å². The van der Waals surface area contributed by atoms with Gasteiger partial charge in [0.2, 0.25) is 20.0 Å². The summed E-state index contributed by atoms with van der Waals surface area (Å²) in [5.41, 5.74) is 12.0. The van der Waals surface area contributed by atoms with Gasteiger partial charge in [-0.25, -0.2) is 26.3 Å². The van der Waals surface area contributed by atoms with Crippen LogP contribution in [0.3, 0.4) is 0 Å². The molecule has 0 saturated carbocycles. The number of rotatable bonds is 13. The molecule has 0 saturated heterocycles. The lowest BCUT2D eigenvalue weighted by Crippen LogP contribution is -2.25. The number of anilines is 2. The molecule has 0 fully saturated rings. The van der Waals surface area contributed by atoms with Gasteiger partial charge in [0.1, 0.15) is 11.5 Å². The van der Waals surface area contributed by atoms with Gasteiger partial charge in [0.05, 0.1) is 35.4 Å². The standard InChI is InChI=1S/C20H30N4O6S2/c1-29-19-9-7-15(13-17(19)21)31(25,26)23-11-5-3-4-6-12-24-32(27,28)16-8-10-20(30-2)18(22)14-16/h7-10,13-14,23-24H,3-6,11-12,21-22H2,1-2H3. The highest BCUT2D eigenvalue weighted by molar-refractivity contribution is 7.89. The summed E-state index contributed by atoms with van der Waals surface area (Å²) < 4.78 is 64.4. The molecule has 0 bridgehead atoms. The second kappa shape index (κ2) is 11.4. The largest absolute Gasteiger partial charge is 0.495 e. The lowest BCUT2D eigenvalue weighted by molar-refractivity contribution is 0.416. The van der Waals surface area contributed by atoms with Crippen LogP contribution < -0.4 is 30.4 Å². The summed E-state index contributed by atoms with van der Waals surface area (Å²) in [6.07, 6.45) is 2.72. The van der Waals surface area contributed by atoms with Gasteiger partial charge in [0.25, 0.3) is 0 Å². The van der Waals surface area contributed by atoms with Crippen molar-refractivity contribution in [1.29, 1.82) is 0 Å². The zero-order valence-corrected chi connectivity index (χ0v) is 19.8. The molecule has 0 amide bonds. The van der Waals surface area contributed by atoms with Gasteiger partial charge >= 0.3 is 0 Å². The van der Waals surface area contributed by atoms with Crippen molar-refractivity contribution in [2.24, 2.45) is 0 Å². The maximum atomic E-state index is 12.3. The zero-order chi connectivity index (χ0) is 23.8. The van der Waals surface area contributed by atoms with E-state index in [0.717, 1.165) is 12.8 Å². The van der Waals surface area contributed by atoms with Gasteiger partial charge in [0, 0.05) is 13.1 Å². The topological polar surface area (TPSA) is 163 Å². The lowest BCUT2D eigenvalue weighted by Gasteiger charge is -2.10. The number of benzene rings is 2. The summed E-state index contributed by atoms with van der Waals surface area (Å²) in [5.74, 6) is 0.824. The van der Waals surface area contributed by atoms with Crippen molar-refractivity contribution in [3.8, 4) is 11.5 Å². The second-order valence-electron chi connectivity index (χ2n) is 7.02. The number of methoxy groups -OCH3 is 2. The molecule has 10 nitrogen and oxygen atoms in total. The minimum Gasteiger partial charge on any atom is -0.495 e. The average Bonchev–Trinajstić information content (AvgIpc) is 2.75. The highest BCUT2D eigenvalue weighted by Gasteiger charge is 2.16. The molecule has 6 N–H and O–H groups in total. The van der Waals surface area contributed by atoms with Crippen LogP contribution in [0.5, 0.6) is 11.5 Å². The van der Waals surface area contributed by atoms with Gasteiger partial charge in [-0.15, -0.1) is 0 Å². The number of nitrogens with two attached hydrogens (primary N) is 2. The van der Waals surface area contributed by atoms with Crippen molar-refractivity contribution in [2.45, 2.75) is 35.5 Å². The van der Waals surface area contributed by atoms with Crippen LogP contribution in [0.4, 0.5) is 11.4 Å². The summed E-state index contributed by atoms with van der Waals surface area (Å²) in [6, 6.07) is 8.57. The summed E-state index contributed by atoms with van der Waals surface area (Å²) in [6.45, 7) is 0.538. The molecule has 0 aliphatic heterocycles. The van der Waals surface area contributed by atoms with Crippen molar-refractivity contribution in [1.82, 2.24) is 9.44 Å². The summed E-state index contributed by atoms with van der Waals surface area (Å²) in [5, 5.41) is 0. The molecule has 0 heterocycles. The van der Waals surface area contributed by atoms with Crippen molar-refractivity contribution in [3.63, 3.8) is 0 Å². The Labute approximate surface area is 189 Å². The third-order valence-electron chi connectivity index (χ3n) is 4.71. The molecule has 0 aliphatic rings. The van der Waals surface area contributed by atoms with E-state index in [9.17, 15) is 16.8 Å². The van der Waals surface area contributed by atoms with Crippen LogP contribution in [0, 0.1) is 0 Å². The molecule has 0 unspecified atom stereocenters. The Balaban J connectivity index is 1.70. The predicted molar refractivity (Wildman–Crippen MR) is 124 cm³/mol. The number of ether oxygens (including phenoxy) is 2. The van der Waals surface area contributed by atoms with Crippen molar-refractivity contribution >= 4 is 31.4 Å². The van der Waals surface area contributed by atoms with Crippen molar-refractivity contribution < 1.29 is 26.3 Å². The van der Waals surface area contributed by atoms with E-state index in [1.165, 1.54) is 50.6 Å². The van der Waals surface area contributed by atoms with Crippen LogP contribution in [0.15, 0.2) is 46.2 Å². The van der Waals surface area contributed by atoms with Crippen LogP contribution in [0.2, 0.25) is 0 Å². The number of hydrogen-bond donors (Lipinski definition) is 4. The fourth-order valence-electron chi connectivity index (χ4n) is 2.94. The summed E-state index contributed by atoms with van der Waals surface area (Å²) in [7, 11) is -4.41. The first-order valence-electron chi connectivity index (χ1n) is 9.97. The molecule has 0 aliphatic carbocycles. The normalized spacial score (nSPS) is 11.9. The Bertz CT molecular complexity index is 1030. The Morgan fingerprint density at radius 2 is 1.06 bits per heavy atom. The van der Waals surface area contributed by atoms with Gasteiger partial charge in [-0.3, -0.25) is 0 Å². The molecule has 2 rings (SSSR count). The van der Waals surface area contributed by atoms with E-state index in [2.05, 4.69) is 9.44 Å². The van der Waals surface area contributed by atoms with Crippen LogP contribution in [0.1, 0.15) is 25.7 Å². The van der Waals surface area contributed by atoms with E-state index < -0.39 is 20.0 Å². The first-order valence-corrected chi connectivity index (χ1v) is 12.9. The smallest absolute Gasteiger partial charge is 0.240 e. The third kappa shape index (κ3) is 6.99. The van der Waals surface area contributed by atoms with E-state index in [1.54, 1.807) is 0 Å². The summed E-state index contributed by atoms with van der Waals surface area (Å²) in [4.78, 5) is 0.147. The number of nitrogens with one attached hydrogen (secondary N) is 2. The maximum absolute atomic E-state index is 12.3. The Hall–Kier alpha value is -2.54. The molecular weight excluding hydrogens is 456 g/mol. The third-order valence-corrected chi connectivity index (χ3v) is 7.63. The van der Waals surface area contributed by atoms with E-state index in [1.807, 2.05) is 0 Å². The predicted octanol–water partition coefficient (Wildman–Crippen LogP) is 1.69. The van der Waals surface area contributed by atoms with E-state index in [0.29, 0.717) is 24.3 Å². The number of unbranched alkanes of at least 4 members (excludes halogenated alkanes) is 3. The SMILES string of the molecule is COc1ccc(S(=O)(=O)NCCCCCCNS(=O)(=O)c2ccc(OC)c(N)c2)cc1N. The molecule has 2 aromatic carbocycles. The van der Waals surface area contributed by atoms with Crippen LogP contribution in [-0.2, 0) is 20.0 Å². The molecule has 0 spiro atoms. The Morgan fingerprint density at radius 1 is 0.688 bits per heavy atom. The fraction of sp³-hybridized carbons (Fsp3) is 0.400. The molecule has 0 aromatic heterocycles. The van der Waals surface area contributed by atoms with Crippen LogP contribution in [-0.4, -0.2) is 44.1 Å². The molecule has 2 aromatic rings. The highest BCUT2D eigenvalue weighted by atomic mass is 32.2. The van der Waals surface area contributed by atoms with Crippen LogP contribution in [0.25, 0.3) is 0 Å². The first-order chi connectivity index (χ1) is 15.1. The fourth-order valence-corrected chi connectivity index (χ4v) is 5.16. The lowest BCUT2D eigenvalue weighted by atomic mass is 10.2. The Morgan fingerprint density at radius 3 is 1.38 bits per heavy atom.